The first kappa shape index (κ1) is 16.4. The van der Waals surface area contributed by atoms with E-state index in [9.17, 15) is 4.79 Å². The number of amides is 1. The molecule has 1 amide bonds. The van der Waals surface area contributed by atoms with Gasteiger partial charge in [-0.05, 0) is 25.1 Å². The zero-order valence-electron chi connectivity index (χ0n) is 11.1. The number of methoxy groups -OCH3 is 2. The van der Waals surface area contributed by atoms with Crippen LogP contribution in [-0.2, 0) is 9.47 Å². The molecule has 0 fully saturated rings. The SMILES string of the molecule is COCC(C)(CNC(=O)c1cc(Br)ccc1Cl)OC. The number of nitrogens with one attached hydrogen (secondary N) is 1. The van der Waals surface area contributed by atoms with Crippen LogP contribution in [0.1, 0.15) is 17.3 Å². The van der Waals surface area contributed by atoms with Gasteiger partial charge in [-0.25, -0.2) is 0 Å². The van der Waals surface area contributed by atoms with Crippen LogP contribution in [0.3, 0.4) is 0 Å². The van der Waals surface area contributed by atoms with Crippen molar-refractivity contribution < 1.29 is 14.3 Å². The third-order valence-corrected chi connectivity index (χ3v) is 3.56. The Hall–Kier alpha value is -0.620. The maximum atomic E-state index is 12.1. The number of benzene rings is 1. The molecule has 0 aliphatic carbocycles. The van der Waals surface area contributed by atoms with Crippen LogP contribution in [0, 0.1) is 0 Å². The van der Waals surface area contributed by atoms with E-state index in [1.807, 2.05) is 6.92 Å². The summed E-state index contributed by atoms with van der Waals surface area (Å²) < 4.78 is 11.2. The summed E-state index contributed by atoms with van der Waals surface area (Å²) in [5, 5.41) is 3.20. The molecule has 1 atom stereocenters. The molecule has 0 saturated carbocycles. The lowest BCUT2D eigenvalue weighted by atomic mass is 10.1. The van der Waals surface area contributed by atoms with Gasteiger partial charge in [-0.15, -0.1) is 0 Å². The lowest BCUT2D eigenvalue weighted by Crippen LogP contribution is -2.45. The van der Waals surface area contributed by atoms with Gasteiger partial charge in [-0.2, -0.15) is 0 Å². The number of hydrogen-bond donors (Lipinski definition) is 1. The second-order valence-electron chi connectivity index (χ2n) is 4.39. The minimum Gasteiger partial charge on any atom is -0.382 e. The highest BCUT2D eigenvalue weighted by Crippen LogP contribution is 2.21. The molecule has 0 heterocycles. The zero-order chi connectivity index (χ0) is 14.5. The van der Waals surface area contributed by atoms with E-state index in [0.29, 0.717) is 23.7 Å². The second-order valence-corrected chi connectivity index (χ2v) is 5.72. The normalized spacial score (nSPS) is 13.9. The fourth-order valence-corrected chi connectivity index (χ4v) is 2.09. The molecule has 1 N–H and O–H groups in total. The van der Waals surface area contributed by atoms with Crippen molar-refractivity contribution in [1.29, 1.82) is 0 Å². The Labute approximate surface area is 126 Å². The highest BCUT2D eigenvalue weighted by atomic mass is 79.9. The summed E-state index contributed by atoms with van der Waals surface area (Å²) in [6.45, 7) is 2.58. The number of hydrogen-bond acceptors (Lipinski definition) is 3. The molecule has 1 aromatic carbocycles. The smallest absolute Gasteiger partial charge is 0.252 e. The Morgan fingerprint density at radius 3 is 2.74 bits per heavy atom. The summed E-state index contributed by atoms with van der Waals surface area (Å²) in [5.41, 5.74) is -0.144. The standard InChI is InChI=1S/C13H17BrClNO3/c1-13(19-3,8-18-2)7-16-12(17)10-6-9(14)4-5-11(10)15/h4-6H,7-8H2,1-3H3,(H,16,17). The third kappa shape index (κ3) is 4.76. The predicted octanol–water partition coefficient (Wildman–Crippen LogP) is 2.88. The van der Waals surface area contributed by atoms with E-state index in [1.165, 1.54) is 0 Å². The molecule has 1 unspecified atom stereocenters. The molecule has 0 radical (unpaired) electrons. The molecule has 0 saturated heterocycles. The molecule has 0 aromatic heterocycles. The fourth-order valence-electron chi connectivity index (χ4n) is 1.52. The Kier molecular flexibility index (Phi) is 6.26. The number of carbonyl (C=O) groups excluding carboxylic acids is 1. The van der Waals surface area contributed by atoms with E-state index < -0.39 is 5.60 Å². The molecule has 0 aliphatic rings. The maximum Gasteiger partial charge on any atom is 0.252 e. The van der Waals surface area contributed by atoms with E-state index >= 15 is 0 Å². The summed E-state index contributed by atoms with van der Waals surface area (Å²) in [6, 6.07) is 5.13. The van der Waals surface area contributed by atoms with Gasteiger partial charge in [0.05, 0.1) is 17.2 Å². The van der Waals surface area contributed by atoms with Crippen molar-refractivity contribution in [1.82, 2.24) is 5.32 Å². The van der Waals surface area contributed by atoms with Gasteiger partial charge in [0.2, 0.25) is 0 Å². The molecule has 6 heteroatoms. The zero-order valence-corrected chi connectivity index (χ0v) is 13.5. The first-order valence-corrected chi connectivity index (χ1v) is 6.86. The average molecular weight is 351 g/mol. The minimum absolute atomic E-state index is 0.245. The quantitative estimate of drug-likeness (QED) is 0.858. The monoisotopic (exact) mass is 349 g/mol. The minimum atomic E-state index is -0.567. The van der Waals surface area contributed by atoms with Crippen molar-refractivity contribution in [3.8, 4) is 0 Å². The fraction of sp³-hybridized carbons (Fsp3) is 0.462. The molecule has 1 rings (SSSR count). The van der Waals surface area contributed by atoms with Crippen LogP contribution in [0.2, 0.25) is 5.02 Å². The van der Waals surface area contributed by atoms with E-state index in [-0.39, 0.29) is 5.91 Å². The molecule has 0 bridgehead atoms. The molecular weight excluding hydrogens is 334 g/mol. The highest BCUT2D eigenvalue weighted by Gasteiger charge is 2.25. The molecule has 0 aliphatic heterocycles. The van der Waals surface area contributed by atoms with Crippen LogP contribution in [0.4, 0.5) is 0 Å². The van der Waals surface area contributed by atoms with Crippen LogP contribution < -0.4 is 5.32 Å². The van der Waals surface area contributed by atoms with Crippen molar-refractivity contribution >= 4 is 33.4 Å². The number of rotatable bonds is 6. The summed E-state index contributed by atoms with van der Waals surface area (Å²) in [4.78, 5) is 12.1. The van der Waals surface area contributed by atoms with Crippen LogP contribution in [0.5, 0.6) is 0 Å². The van der Waals surface area contributed by atoms with Crippen LogP contribution in [0.15, 0.2) is 22.7 Å². The van der Waals surface area contributed by atoms with Gasteiger partial charge < -0.3 is 14.8 Å². The maximum absolute atomic E-state index is 12.1. The number of carbonyl (C=O) groups is 1. The molecule has 1 aromatic rings. The largest absolute Gasteiger partial charge is 0.382 e. The van der Waals surface area contributed by atoms with Gasteiger partial charge in [0, 0.05) is 25.2 Å². The lowest BCUT2D eigenvalue weighted by Gasteiger charge is -2.27. The average Bonchev–Trinajstić information content (AvgIpc) is 2.39. The van der Waals surface area contributed by atoms with E-state index in [4.69, 9.17) is 21.1 Å². The molecule has 4 nitrogen and oxygen atoms in total. The van der Waals surface area contributed by atoms with Crippen molar-refractivity contribution in [2.24, 2.45) is 0 Å². The summed E-state index contributed by atoms with van der Waals surface area (Å²) in [6.07, 6.45) is 0. The molecule has 19 heavy (non-hydrogen) atoms. The van der Waals surface area contributed by atoms with Gasteiger partial charge in [0.1, 0.15) is 5.60 Å². The Morgan fingerprint density at radius 2 is 2.16 bits per heavy atom. The predicted molar refractivity (Wildman–Crippen MR) is 78.8 cm³/mol. The summed E-state index contributed by atoms with van der Waals surface area (Å²) >= 11 is 9.31. The third-order valence-electron chi connectivity index (χ3n) is 2.74. The van der Waals surface area contributed by atoms with Gasteiger partial charge in [-0.3, -0.25) is 4.79 Å². The van der Waals surface area contributed by atoms with Crippen molar-refractivity contribution in [3.05, 3.63) is 33.3 Å². The van der Waals surface area contributed by atoms with Gasteiger partial charge in [0.25, 0.3) is 5.91 Å². The second kappa shape index (κ2) is 7.24. The first-order chi connectivity index (χ1) is 8.91. The van der Waals surface area contributed by atoms with E-state index in [2.05, 4.69) is 21.2 Å². The van der Waals surface area contributed by atoms with Crippen LogP contribution >= 0.6 is 27.5 Å². The number of halogens is 2. The summed E-state index contributed by atoms with van der Waals surface area (Å²) in [5.74, 6) is -0.245. The van der Waals surface area contributed by atoms with E-state index in [1.54, 1.807) is 32.4 Å². The molecule has 106 valence electrons. The van der Waals surface area contributed by atoms with Crippen molar-refractivity contribution in [2.75, 3.05) is 27.4 Å². The van der Waals surface area contributed by atoms with Crippen LogP contribution in [0.25, 0.3) is 0 Å². The highest BCUT2D eigenvalue weighted by molar-refractivity contribution is 9.10. The number of ether oxygens (including phenoxy) is 2. The molecule has 0 spiro atoms. The van der Waals surface area contributed by atoms with Gasteiger partial charge in [-0.1, -0.05) is 27.5 Å². The molecular formula is C13H17BrClNO3. The Morgan fingerprint density at radius 1 is 1.47 bits per heavy atom. The van der Waals surface area contributed by atoms with Gasteiger partial charge >= 0.3 is 0 Å². The topological polar surface area (TPSA) is 47.6 Å². The van der Waals surface area contributed by atoms with Crippen molar-refractivity contribution in [2.45, 2.75) is 12.5 Å². The Balaban J connectivity index is 2.72. The lowest BCUT2D eigenvalue weighted by molar-refractivity contribution is -0.0479. The van der Waals surface area contributed by atoms with Crippen molar-refractivity contribution in [3.63, 3.8) is 0 Å². The van der Waals surface area contributed by atoms with Gasteiger partial charge in [0.15, 0.2) is 0 Å². The summed E-state index contributed by atoms with van der Waals surface area (Å²) in [7, 11) is 3.17. The first-order valence-electron chi connectivity index (χ1n) is 5.69. The van der Waals surface area contributed by atoms with Crippen LogP contribution in [-0.4, -0.2) is 38.9 Å². The van der Waals surface area contributed by atoms with E-state index in [0.717, 1.165) is 4.47 Å². The Bertz CT molecular complexity index is 456.